The van der Waals surface area contributed by atoms with Gasteiger partial charge < -0.3 is 15.8 Å². The summed E-state index contributed by atoms with van der Waals surface area (Å²) in [5, 5.41) is 3.05. The number of nitrogen functional groups attached to an aromatic ring is 1. The molecule has 0 saturated heterocycles. The largest absolute Gasteiger partial charge is 0.445 e. The highest BCUT2D eigenvalue weighted by molar-refractivity contribution is 6.33. The van der Waals surface area contributed by atoms with Crippen LogP contribution in [-0.4, -0.2) is 12.6 Å². The Morgan fingerprint density at radius 3 is 2.73 bits per heavy atom. The van der Waals surface area contributed by atoms with Gasteiger partial charge in [-0.1, -0.05) is 53.8 Å². The Balaban J connectivity index is 1.75. The number of nitrogens with one attached hydrogen (secondary N) is 1. The van der Waals surface area contributed by atoms with Crippen LogP contribution in [0, 0.1) is 11.8 Å². The third-order valence-corrected chi connectivity index (χ3v) is 3.11. The van der Waals surface area contributed by atoms with Crippen molar-refractivity contribution in [2.45, 2.75) is 6.61 Å². The van der Waals surface area contributed by atoms with Crippen LogP contribution in [-0.2, 0) is 11.3 Å². The monoisotopic (exact) mass is 314 g/mol. The Morgan fingerprint density at radius 1 is 1.23 bits per heavy atom. The first-order valence-electron chi connectivity index (χ1n) is 6.63. The summed E-state index contributed by atoms with van der Waals surface area (Å²) in [7, 11) is 0. The van der Waals surface area contributed by atoms with Crippen LogP contribution in [0.25, 0.3) is 0 Å². The SMILES string of the molecule is Nc1cc(C#CCNC(=O)OCc2ccccc2)ccc1Cl. The van der Waals surface area contributed by atoms with Crippen molar-refractivity contribution in [2.75, 3.05) is 12.3 Å². The van der Waals surface area contributed by atoms with Gasteiger partial charge in [0.15, 0.2) is 0 Å². The van der Waals surface area contributed by atoms with E-state index in [0.717, 1.165) is 11.1 Å². The molecule has 0 atom stereocenters. The maximum atomic E-state index is 11.5. The summed E-state index contributed by atoms with van der Waals surface area (Å²) in [5.74, 6) is 5.70. The van der Waals surface area contributed by atoms with E-state index in [1.165, 1.54) is 0 Å². The fraction of sp³-hybridized carbons (Fsp3) is 0.118. The van der Waals surface area contributed by atoms with Gasteiger partial charge in [0.1, 0.15) is 6.61 Å². The molecule has 4 nitrogen and oxygen atoms in total. The second kappa shape index (κ2) is 7.96. The second-order valence-electron chi connectivity index (χ2n) is 4.45. The highest BCUT2D eigenvalue weighted by Gasteiger charge is 2.00. The maximum absolute atomic E-state index is 11.5. The normalized spacial score (nSPS) is 9.50. The maximum Gasteiger partial charge on any atom is 0.408 e. The average Bonchev–Trinajstić information content (AvgIpc) is 2.54. The number of ether oxygens (including phenoxy) is 1. The van der Waals surface area contributed by atoms with E-state index in [-0.39, 0.29) is 13.2 Å². The van der Waals surface area contributed by atoms with Crippen LogP contribution in [0.1, 0.15) is 11.1 Å². The zero-order valence-corrected chi connectivity index (χ0v) is 12.6. The standard InChI is InChI=1S/C17H15ClN2O2/c18-15-9-8-13(11-16(15)19)7-4-10-20-17(21)22-12-14-5-2-1-3-6-14/h1-3,5-6,8-9,11H,10,12,19H2,(H,20,21). The quantitative estimate of drug-likeness (QED) is 0.675. The number of carbonyl (C=O) groups is 1. The molecule has 0 radical (unpaired) electrons. The van der Waals surface area contributed by atoms with Crippen molar-refractivity contribution in [1.29, 1.82) is 0 Å². The van der Waals surface area contributed by atoms with Gasteiger partial charge in [-0.2, -0.15) is 0 Å². The van der Waals surface area contributed by atoms with Crippen LogP contribution in [0.15, 0.2) is 48.5 Å². The molecule has 0 saturated carbocycles. The number of carbonyl (C=O) groups excluding carboxylic acids is 1. The van der Waals surface area contributed by atoms with Crippen LogP contribution in [0.4, 0.5) is 10.5 Å². The smallest absolute Gasteiger partial charge is 0.408 e. The Hall–Kier alpha value is -2.64. The zero-order chi connectivity index (χ0) is 15.8. The lowest BCUT2D eigenvalue weighted by molar-refractivity contribution is 0.141. The predicted octanol–water partition coefficient (Wildman–Crippen LogP) is 3.20. The summed E-state index contributed by atoms with van der Waals surface area (Å²) < 4.78 is 5.06. The Kier molecular flexibility index (Phi) is 5.70. The number of hydrogen-bond donors (Lipinski definition) is 2. The molecule has 0 unspecified atom stereocenters. The molecule has 0 aromatic heterocycles. The summed E-state index contributed by atoms with van der Waals surface area (Å²) in [5.41, 5.74) is 7.82. The van der Waals surface area contributed by atoms with Crippen LogP contribution in [0.3, 0.4) is 0 Å². The number of alkyl carbamates (subject to hydrolysis) is 1. The third kappa shape index (κ3) is 5.04. The average molecular weight is 315 g/mol. The molecule has 3 N–H and O–H groups in total. The van der Waals surface area contributed by atoms with Crippen molar-refractivity contribution in [3.63, 3.8) is 0 Å². The van der Waals surface area contributed by atoms with Crippen molar-refractivity contribution >= 4 is 23.4 Å². The lowest BCUT2D eigenvalue weighted by atomic mass is 10.2. The number of nitrogens with two attached hydrogens (primary N) is 1. The number of rotatable bonds is 3. The summed E-state index contributed by atoms with van der Waals surface area (Å²) in [6.45, 7) is 0.421. The van der Waals surface area contributed by atoms with E-state index in [0.29, 0.717) is 10.7 Å². The number of hydrogen-bond acceptors (Lipinski definition) is 3. The van der Waals surface area contributed by atoms with E-state index in [2.05, 4.69) is 17.2 Å². The van der Waals surface area contributed by atoms with E-state index in [1.54, 1.807) is 18.2 Å². The predicted molar refractivity (Wildman–Crippen MR) is 87.4 cm³/mol. The molecule has 0 fully saturated rings. The van der Waals surface area contributed by atoms with Gasteiger partial charge in [0.05, 0.1) is 17.3 Å². The van der Waals surface area contributed by atoms with Crippen molar-refractivity contribution in [2.24, 2.45) is 0 Å². The Labute approximate surface area is 134 Å². The summed E-state index contributed by atoms with van der Waals surface area (Å²) in [6.07, 6.45) is -0.506. The van der Waals surface area contributed by atoms with Crippen molar-refractivity contribution in [3.8, 4) is 11.8 Å². The Bertz CT molecular complexity index is 706. The first kappa shape index (κ1) is 15.7. The van der Waals surface area contributed by atoms with Gasteiger partial charge >= 0.3 is 6.09 Å². The molecule has 22 heavy (non-hydrogen) atoms. The molecule has 0 aliphatic heterocycles. The van der Waals surface area contributed by atoms with Crippen LogP contribution < -0.4 is 11.1 Å². The molecule has 2 aromatic carbocycles. The van der Waals surface area contributed by atoms with Crippen molar-refractivity contribution in [3.05, 3.63) is 64.7 Å². The van der Waals surface area contributed by atoms with E-state index in [9.17, 15) is 4.79 Å². The summed E-state index contributed by atoms with van der Waals surface area (Å²) in [6, 6.07) is 14.6. The number of halogens is 1. The molecular weight excluding hydrogens is 300 g/mol. The first-order chi connectivity index (χ1) is 10.6. The highest BCUT2D eigenvalue weighted by atomic mass is 35.5. The molecule has 0 heterocycles. The second-order valence-corrected chi connectivity index (χ2v) is 4.86. The van der Waals surface area contributed by atoms with Crippen molar-refractivity contribution < 1.29 is 9.53 Å². The fourth-order valence-corrected chi connectivity index (χ4v) is 1.78. The van der Waals surface area contributed by atoms with Gasteiger partial charge in [-0.15, -0.1) is 0 Å². The molecule has 2 rings (SSSR count). The molecular formula is C17H15ClN2O2. The van der Waals surface area contributed by atoms with E-state index >= 15 is 0 Å². The first-order valence-corrected chi connectivity index (χ1v) is 7.01. The summed E-state index contributed by atoms with van der Waals surface area (Å²) in [4.78, 5) is 11.5. The topological polar surface area (TPSA) is 64.3 Å². The van der Waals surface area contributed by atoms with E-state index < -0.39 is 6.09 Å². The minimum absolute atomic E-state index is 0.191. The highest BCUT2D eigenvalue weighted by Crippen LogP contribution is 2.18. The number of benzene rings is 2. The molecule has 0 aliphatic carbocycles. The van der Waals surface area contributed by atoms with Crippen LogP contribution in [0.2, 0.25) is 5.02 Å². The van der Waals surface area contributed by atoms with Gasteiger partial charge in [0, 0.05) is 5.56 Å². The lowest BCUT2D eigenvalue weighted by Gasteiger charge is -2.04. The molecule has 112 valence electrons. The van der Waals surface area contributed by atoms with Crippen molar-refractivity contribution in [1.82, 2.24) is 5.32 Å². The molecule has 0 bridgehead atoms. The number of amides is 1. The van der Waals surface area contributed by atoms with Gasteiger partial charge in [-0.25, -0.2) is 4.79 Å². The van der Waals surface area contributed by atoms with Gasteiger partial charge in [-0.3, -0.25) is 0 Å². The Morgan fingerprint density at radius 2 is 2.00 bits per heavy atom. The fourth-order valence-electron chi connectivity index (χ4n) is 1.66. The number of anilines is 1. The minimum atomic E-state index is -0.506. The van der Waals surface area contributed by atoms with E-state index in [1.807, 2.05) is 30.3 Å². The minimum Gasteiger partial charge on any atom is -0.445 e. The molecule has 0 aliphatic rings. The van der Waals surface area contributed by atoms with Gasteiger partial charge in [0.2, 0.25) is 0 Å². The molecule has 0 spiro atoms. The van der Waals surface area contributed by atoms with Crippen LogP contribution in [0.5, 0.6) is 0 Å². The van der Waals surface area contributed by atoms with Gasteiger partial charge in [-0.05, 0) is 23.8 Å². The molecule has 2 aromatic rings. The molecule has 5 heteroatoms. The van der Waals surface area contributed by atoms with Gasteiger partial charge in [0.25, 0.3) is 0 Å². The summed E-state index contributed by atoms with van der Waals surface area (Å²) >= 11 is 5.82. The lowest BCUT2D eigenvalue weighted by Crippen LogP contribution is -2.24. The zero-order valence-electron chi connectivity index (χ0n) is 11.8. The third-order valence-electron chi connectivity index (χ3n) is 2.76. The van der Waals surface area contributed by atoms with E-state index in [4.69, 9.17) is 22.1 Å². The molecule has 1 amide bonds. The van der Waals surface area contributed by atoms with Crippen LogP contribution >= 0.6 is 11.6 Å².